The third-order valence-corrected chi connectivity index (χ3v) is 3.31. The first kappa shape index (κ1) is 13.1. The molecule has 1 heterocycles. The lowest BCUT2D eigenvalue weighted by Crippen LogP contribution is -2.38. The maximum atomic E-state index is 12.3. The average Bonchev–Trinajstić information content (AvgIpc) is 2.92. The van der Waals surface area contributed by atoms with Gasteiger partial charge in [-0.25, -0.2) is 0 Å². The first-order valence-electron chi connectivity index (χ1n) is 6.45. The van der Waals surface area contributed by atoms with E-state index in [-0.39, 0.29) is 18.4 Å². The maximum Gasteiger partial charge on any atom is 0.227 e. The Labute approximate surface area is 108 Å². The number of hydrogen-bond donors (Lipinski definition) is 2. The SMILES string of the molecule is O=C(C1CCNC1)N(CCO)Cc1ccccc1. The number of nitrogens with zero attached hydrogens (tertiary/aromatic N) is 1. The summed E-state index contributed by atoms with van der Waals surface area (Å²) in [7, 11) is 0. The molecule has 1 fully saturated rings. The molecule has 1 aliphatic rings. The van der Waals surface area contributed by atoms with E-state index >= 15 is 0 Å². The van der Waals surface area contributed by atoms with Crippen molar-refractivity contribution in [1.29, 1.82) is 0 Å². The predicted molar refractivity (Wildman–Crippen MR) is 69.9 cm³/mol. The topological polar surface area (TPSA) is 52.6 Å². The number of aliphatic hydroxyl groups excluding tert-OH is 1. The van der Waals surface area contributed by atoms with Gasteiger partial charge in [-0.2, -0.15) is 0 Å². The molecule has 1 unspecified atom stereocenters. The summed E-state index contributed by atoms with van der Waals surface area (Å²) in [6.07, 6.45) is 0.898. The molecule has 2 rings (SSSR count). The van der Waals surface area contributed by atoms with E-state index in [1.54, 1.807) is 4.90 Å². The predicted octanol–water partition coefficient (Wildman–Crippen LogP) is 0.617. The highest BCUT2D eigenvalue weighted by molar-refractivity contribution is 5.79. The third kappa shape index (κ3) is 3.31. The van der Waals surface area contributed by atoms with Gasteiger partial charge in [0.25, 0.3) is 0 Å². The van der Waals surface area contributed by atoms with Gasteiger partial charge >= 0.3 is 0 Å². The summed E-state index contributed by atoms with van der Waals surface area (Å²) >= 11 is 0. The minimum atomic E-state index is 0.0126. The normalized spacial score (nSPS) is 18.8. The molecule has 18 heavy (non-hydrogen) atoms. The second-order valence-corrected chi connectivity index (χ2v) is 4.66. The van der Waals surface area contributed by atoms with E-state index in [0.29, 0.717) is 13.1 Å². The zero-order valence-electron chi connectivity index (χ0n) is 10.5. The van der Waals surface area contributed by atoms with Crippen LogP contribution in [0.1, 0.15) is 12.0 Å². The zero-order chi connectivity index (χ0) is 12.8. The van der Waals surface area contributed by atoms with Gasteiger partial charge in [0.2, 0.25) is 5.91 Å². The Morgan fingerprint density at radius 1 is 1.39 bits per heavy atom. The fourth-order valence-corrected chi connectivity index (χ4v) is 2.32. The molecule has 4 nitrogen and oxygen atoms in total. The van der Waals surface area contributed by atoms with Gasteiger partial charge in [-0.1, -0.05) is 30.3 Å². The first-order chi connectivity index (χ1) is 8.81. The van der Waals surface area contributed by atoms with Crippen molar-refractivity contribution in [3.05, 3.63) is 35.9 Å². The Kier molecular flexibility index (Phi) is 4.73. The summed E-state index contributed by atoms with van der Waals surface area (Å²) in [5.74, 6) is 0.221. The van der Waals surface area contributed by atoms with Crippen molar-refractivity contribution in [2.75, 3.05) is 26.2 Å². The first-order valence-corrected chi connectivity index (χ1v) is 6.45. The summed E-state index contributed by atoms with van der Waals surface area (Å²) in [6.45, 7) is 2.67. The molecule has 1 aromatic rings. The fourth-order valence-electron chi connectivity index (χ4n) is 2.32. The van der Waals surface area contributed by atoms with Crippen LogP contribution in [0.5, 0.6) is 0 Å². The molecule has 0 bridgehead atoms. The van der Waals surface area contributed by atoms with Crippen molar-refractivity contribution in [2.24, 2.45) is 5.92 Å². The molecule has 1 aliphatic heterocycles. The van der Waals surface area contributed by atoms with Crippen LogP contribution >= 0.6 is 0 Å². The van der Waals surface area contributed by atoms with Gasteiger partial charge in [0.1, 0.15) is 0 Å². The van der Waals surface area contributed by atoms with Crippen molar-refractivity contribution in [3.8, 4) is 0 Å². The van der Waals surface area contributed by atoms with Crippen molar-refractivity contribution < 1.29 is 9.90 Å². The van der Waals surface area contributed by atoms with Crippen LogP contribution in [0.4, 0.5) is 0 Å². The molecular weight excluding hydrogens is 228 g/mol. The van der Waals surface area contributed by atoms with E-state index in [9.17, 15) is 4.79 Å². The van der Waals surface area contributed by atoms with E-state index in [1.807, 2.05) is 30.3 Å². The van der Waals surface area contributed by atoms with E-state index in [1.165, 1.54) is 0 Å². The number of carbonyl (C=O) groups excluding carboxylic acids is 1. The lowest BCUT2D eigenvalue weighted by Gasteiger charge is -2.24. The maximum absolute atomic E-state index is 12.3. The second-order valence-electron chi connectivity index (χ2n) is 4.66. The van der Waals surface area contributed by atoms with Gasteiger partial charge < -0.3 is 15.3 Å². The Balaban J connectivity index is 2.00. The lowest BCUT2D eigenvalue weighted by atomic mass is 10.1. The number of rotatable bonds is 5. The Morgan fingerprint density at radius 3 is 2.78 bits per heavy atom. The van der Waals surface area contributed by atoms with Gasteiger partial charge in [0.05, 0.1) is 12.5 Å². The average molecular weight is 248 g/mol. The number of hydrogen-bond acceptors (Lipinski definition) is 3. The Morgan fingerprint density at radius 2 is 2.17 bits per heavy atom. The van der Waals surface area contributed by atoms with Crippen LogP contribution in [0.25, 0.3) is 0 Å². The summed E-state index contributed by atoms with van der Waals surface area (Å²) in [4.78, 5) is 14.1. The lowest BCUT2D eigenvalue weighted by molar-refractivity contribution is -0.136. The minimum absolute atomic E-state index is 0.0126. The van der Waals surface area contributed by atoms with E-state index in [4.69, 9.17) is 5.11 Å². The van der Waals surface area contributed by atoms with Crippen molar-refractivity contribution in [1.82, 2.24) is 10.2 Å². The molecule has 0 aromatic heterocycles. The third-order valence-electron chi connectivity index (χ3n) is 3.31. The monoisotopic (exact) mass is 248 g/mol. The standard InChI is InChI=1S/C14H20N2O2/c17-9-8-16(11-12-4-2-1-3-5-12)14(18)13-6-7-15-10-13/h1-5,13,15,17H,6-11H2. The Hall–Kier alpha value is -1.39. The van der Waals surface area contributed by atoms with Gasteiger partial charge in [0.15, 0.2) is 0 Å². The van der Waals surface area contributed by atoms with Crippen LogP contribution < -0.4 is 5.32 Å². The van der Waals surface area contributed by atoms with Gasteiger partial charge in [-0.05, 0) is 18.5 Å². The number of amides is 1. The second kappa shape index (κ2) is 6.52. The van der Waals surface area contributed by atoms with E-state index < -0.39 is 0 Å². The molecule has 1 atom stereocenters. The number of benzene rings is 1. The highest BCUT2D eigenvalue weighted by Gasteiger charge is 2.26. The molecule has 0 radical (unpaired) electrons. The molecule has 0 spiro atoms. The van der Waals surface area contributed by atoms with Crippen molar-refractivity contribution in [2.45, 2.75) is 13.0 Å². The molecule has 1 saturated heterocycles. The fraction of sp³-hybridized carbons (Fsp3) is 0.500. The minimum Gasteiger partial charge on any atom is -0.395 e. The summed E-state index contributed by atoms with van der Waals surface area (Å²) < 4.78 is 0. The molecule has 98 valence electrons. The number of nitrogens with one attached hydrogen (secondary N) is 1. The molecular formula is C14H20N2O2. The van der Waals surface area contributed by atoms with Gasteiger partial charge in [-0.3, -0.25) is 4.79 Å². The van der Waals surface area contributed by atoms with E-state index in [2.05, 4.69) is 5.32 Å². The number of carbonyl (C=O) groups is 1. The molecule has 4 heteroatoms. The summed E-state index contributed by atoms with van der Waals surface area (Å²) in [5, 5.41) is 12.3. The van der Waals surface area contributed by atoms with Gasteiger partial charge in [-0.15, -0.1) is 0 Å². The summed E-state index contributed by atoms with van der Waals surface area (Å²) in [5.41, 5.74) is 1.10. The molecule has 1 aromatic carbocycles. The van der Waals surface area contributed by atoms with Crippen molar-refractivity contribution in [3.63, 3.8) is 0 Å². The molecule has 2 N–H and O–H groups in total. The largest absolute Gasteiger partial charge is 0.395 e. The molecule has 0 aliphatic carbocycles. The van der Waals surface area contributed by atoms with Crippen LogP contribution in [-0.4, -0.2) is 42.2 Å². The highest BCUT2D eigenvalue weighted by atomic mass is 16.3. The molecule has 0 saturated carbocycles. The smallest absolute Gasteiger partial charge is 0.227 e. The zero-order valence-corrected chi connectivity index (χ0v) is 10.5. The Bertz CT molecular complexity index is 375. The summed E-state index contributed by atoms with van der Waals surface area (Å²) in [6, 6.07) is 9.90. The highest BCUT2D eigenvalue weighted by Crippen LogP contribution is 2.14. The van der Waals surface area contributed by atoms with E-state index in [0.717, 1.165) is 25.1 Å². The van der Waals surface area contributed by atoms with Gasteiger partial charge in [0, 0.05) is 19.6 Å². The number of aliphatic hydroxyl groups is 1. The van der Waals surface area contributed by atoms with Crippen LogP contribution in [-0.2, 0) is 11.3 Å². The molecule has 1 amide bonds. The van der Waals surface area contributed by atoms with Crippen LogP contribution in [0.2, 0.25) is 0 Å². The van der Waals surface area contributed by atoms with Crippen LogP contribution in [0.3, 0.4) is 0 Å². The van der Waals surface area contributed by atoms with Crippen LogP contribution in [0, 0.1) is 5.92 Å². The quantitative estimate of drug-likeness (QED) is 0.803. The van der Waals surface area contributed by atoms with Crippen LogP contribution in [0.15, 0.2) is 30.3 Å². The van der Waals surface area contributed by atoms with Crippen molar-refractivity contribution >= 4 is 5.91 Å².